The van der Waals surface area contributed by atoms with E-state index in [9.17, 15) is 9.59 Å². The van der Waals surface area contributed by atoms with Crippen LogP contribution in [0.25, 0.3) is 10.7 Å². The predicted molar refractivity (Wildman–Crippen MR) is 112 cm³/mol. The monoisotopic (exact) mass is 412 g/mol. The van der Waals surface area contributed by atoms with Crippen LogP contribution in [-0.2, 0) is 22.6 Å². The minimum atomic E-state index is -0.102. The Labute approximate surface area is 173 Å². The molecule has 1 atom stereocenters. The van der Waals surface area contributed by atoms with E-state index < -0.39 is 0 Å². The first-order chi connectivity index (χ1) is 14.0. The Morgan fingerprint density at radius 1 is 1.24 bits per heavy atom. The lowest BCUT2D eigenvalue weighted by atomic mass is 10.1. The van der Waals surface area contributed by atoms with Crippen molar-refractivity contribution in [1.82, 2.24) is 15.5 Å². The van der Waals surface area contributed by atoms with E-state index in [1.807, 2.05) is 55.6 Å². The van der Waals surface area contributed by atoms with Gasteiger partial charge in [-0.25, -0.2) is 0 Å². The number of carbonyl (C=O) groups is 2. The van der Waals surface area contributed by atoms with Crippen LogP contribution in [0.1, 0.15) is 38.1 Å². The average Bonchev–Trinajstić information content (AvgIpc) is 3.42. The van der Waals surface area contributed by atoms with Crippen molar-refractivity contribution in [2.45, 2.75) is 39.7 Å². The fourth-order valence-corrected chi connectivity index (χ4v) is 3.23. The lowest BCUT2D eigenvalue weighted by molar-refractivity contribution is -0.121. The third kappa shape index (κ3) is 5.99. The number of aromatic nitrogens is 2. The number of aryl methyl sites for hydroxylation is 1. The quantitative estimate of drug-likeness (QED) is 0.553. The molecule has 1 aromatic carbocycles. The zero-order valence-corrected chi connectivity index (χ0v) is 17.3. The predicted octanol–water partition coefficient (Wildman–Crippen LogP) is 4.03. The van der Waals surface area contributed by atoms with Gasteiger partial charge in [-0.2, -0.15) is 4.98 Å². The number of nitrogens with zero attached hydrogens (tertiary/aromatic N) is 2. The van der Waals surface area contributed by atoms with Crippen molar-refractivity contribution in [3.05, 3.63) is 53.2 Å². The molecule has 2 aromatic heterocycles. The van der Waals surface area contributed by atoms with Gasteiger partial charge in [-0.15, -0.1) is 11.3 Å². The number of hydrogen-bond acceptors (Lipinski definition) is 6. The molecule has 2 N–H and O–H groups in total. The second kappa shape index (κ2) is 9.97. The number of rotatable bonds is 9. The topological polar surface area (TPSA) is 97.1 Å². The molecule has 152 valence electrons. The first-order valence-electron chi connectivity index (χ1n) is 9.58. The van der Waals surface area contributed by atoms with E-state index in [4.69, 9.17) is 4.52 Å². The highest BCUT2D eigenvalue weighted by molar-refractivity contribution is 7.13. The van der Waals surface area contributed by atoms with Crippen LogP contribution in [-0.4, -0.2) is 22.0 Å². The zero-order valence-electron chi connectivity index (χ0n) is 16.5. The summed E-state index contributed by atoms with van der Waals surface area (Å²) in [5, 5.41) is 11.7. The molecule has 0 unspecified atom stereocenters. The Morgan fingerprint density at radius 2 is 2.10 bits per heavy atom. The van der Waals surface area contributed by atoms with E-state index >= 15 is 0 Å². The van der Waals surface area contributed by atoms with Gasteiger partial charge in [0.1, 0.15) is 0 Å². The van der Waals surface area contributed by atoms with Gasteiger partial charge in [0.15, 0.2) is 0 Å². The van der Waals surface area contributed by atoms with Crippen LogP contribution in [0.2, 0.25) is 0 Å². The second-order valence-electron chi connectivity index (χ2n) is 6.76. The maximum Gasteiger partial charge on any atom is 0.227 e. The van der Waals surface area contributed by atoms with Crippen molar-refractivity contribution in [2.24, 2.45) is 5.92 Å². The number of thiophene rings is 1. The van der Waals surface area contributed by atoms with Crippen molar-refractivity contribution in [1.29, 1.82) is 0 Å². The van der Waals surface area contributed by atoms with Crippen LogP contribution in [0, 0.1) is 5.92 Å². The molecule has 0 bridgehead atoms. The highest BCUT2D eigenvalue weighted by Crippen LogP contribution is 2.21. The lowest BCUT2D eigenvalue weighted by Crippen LogP contribution is -2.23. The standard InChI is InChI=1S/C21H24N4O3S/c1-3-14(2)21(27)23-16-7-4-6-15(12-16)13-22-18(26)9-10-19-24-20(25-28-19)17-8-5-11-29-17/h4-8,11-12,14H,3,9-10,13H2,1-2H3,(H,22,26)(H,23,27)/t14-/m1/s1. The first-order valence-corrected chi connectivity index (χ1v) is 10.5. The van der Waals surface area contributed by atoms with Crippen molar-refractivity contribution in [2.75, 3.05) is 5.32 Å². The number of benzene rings is 1. The van der Waals surface area contributed by atoms with Gasteiger partial charge in [0.05, 0.1) is 4.88 Å². The molecule has 2 amide bonds. The minimum Gasteiger partial charge on any atom is -0.352 e. The molecule has 3 aromatic rings. The summed E-state index contributed by atoms with van der Waals surface area (Å²) < 4.78 is 5.21. The van der Waals surface area contributed by atoms with Crippen molar-refractivity contribution < 1.29 is 14.1 Å². The summed E-state index contributed by atoms with van der Waals surface area (Å²) in [6.45, 7) is 4.26. The SMILES string of the molecule is CC[C@@H](C)C(=O)Nc1cccc(CNC(=O)CCc2nc(-c3cccs3)no2)c1. The maximum atomic E-state index is 12.1. The summed E-state index contributed by atoms with van der Waals surface area (Å²) in [4.78, 5) is 29.4. The van der Waals surface area contributed by atoms with Crippen LogP contribution in [0.3, 0.4) is 0 Å². The molecule has 0 radical (unpaired) electrons. The molecule has 0 saturated carbocycles. The van der Waals surface area contributed by atoms with Gasteiger partial charge >= 0.3 is 0 Å². The lowest BCUT2D eigenvalue weighted by Gasteiger charge is -2.11. The molecule has 8 heteroatoms. The molecule has 0 aliphatic heterocycles. The van der Waals surface area contributed by atoms with Gasteiger partial charge in [0.25, 0.3) is 0 Å². The normalized spacial score (nSPS) is 11.8. The molecule has 0 spiro atoms. The molecule has 0 fully saturated rings. The van der Waals surface area contributed by atoms with Gasteiger partial charge < -0.3 is 15.2 Å². The second-order valence-corrected chi connectivity index (χ2v) is 7.71. The summed E-state index contributed by atoms with van der Waals surface area (Å²) in [6.07, 6.45) is 1.43. The molecule has 2 heterocycles. The van der Waals surface area contributed by atoms with Crippen molar-refractivity contribution >= 4 is 28.8 Å². The maximum absolute atomic E-state index is 12.1. The largest absolute Gasteiger partial charge is 0.352 e. The van der Waals surface area contributed by atoms with Crippen molar-refractivity contribution in [3.8, 4) is 10.7 Å². The van der Waals surface area contributed by atoms with Gasteiger partial charge in [0, 0.05) is 31.0 Å². The van der Waals surface area contributed by atoms with E-state index in [1.54, 1.807) is 0 Å². The smallest absolute Gasteiger partial charge is 0.227 e. The van der Waals surface area contributed by atoms with Crippen molar-refractivity contribution in [3.63, 3.8) is 0 Å². The average molecular weight is 413 g/mol. The molecule has 0 aliphatic carbocycles. The Kier molecular flexibility index (Phi) is 7.13. The Balaban J connectivity index is 1.46. The minimum absolute atomic E-state index is 0.00448. The summed E-state index contributed by atoms with van der Waals surface area (Å²) >= 11 is 1.54. The van der Waals surface area contributed by atoms with E-state index in [1.165, 1.54) is 11.3 Å². The molecule has 0 aliphatic rings. The van der Waals surface area contributed by atoms with Crippen LogP contribution in [0.5, 0.6) is 0 Å². The Bertz CT molecular complexity index is 953. The van der Waals surface area contributed by atoms with Gasteiger partial charge in [0.2, 0.25) is 23.5 Å². The Morgan fingerprint density at radius 3 is 2.86 bits per heavy atom. The third-order valence-corrected chi connectivity index (χ3v) is 5.39. The number of hydrogen-bond donors (Lipinski definition) is 2. The van der Waals surface area contributed by atoms with Gasteiger partial charge in [-0.3, -0.25) is 9.59 Å². The van der Waals surface area contributed by atoms with Crippen LogP contribution >= 0.6 is 11.3 Å². The Hall–Kier alpha value is -3.00. The van der Waals surface area contributed by atoms with E-state index in [0.29, 0.717) is 24.7 Å². The highest BCUT2D eigenvalue weighted by Gasteiger charge is 2.12. The number of nitrogens with one attached hydrogen (secondary N) is 2. The highest BCUT2D eigenvalue weighted by atomic mass is 32.1. The van der Waals surface area contributed by atoms with Gasteiger partial charge in [-0.1, -0.05) is 37.2 Å². The van der Waals surface area contributed by atoms with Gasteiger partial charge in [-0.05, 0) is 35.6 Å². The molecular formula is C21H24N4O3S. The fraction of sp³-hybridized carbons (Fsp3) is 0.333. The van der Waals surface area contributed by atoms with Crippen LogP contribution in [0.4, 0.5) is 5.69 Å². The molecular weight excluding hydrogens is 388 g/mol. The molecule has 0 saturated heterocycles. The van der Waals surface area contributed by atoms with E-state index in [2.05, 4.69) is 20.8 Å². The molecule has 3 rings (SSSR count). The van der Waals surface area contributed by atoms with E-state index in [-0.39, 0.29) is 24.2 Å². The van der Waals surface area contributed by atoms with Crippen LogP contribution in [0.15, 0.2) is 46.3 Å². The number of amides is 2. The summed E-state index contributed by atoms with van der Waals surface area (Å²) in [5.41, 5.74) is 1.65. The fourth-order valence-electron chi connectivity index (χ4n) is 2.58. The molecule has 7 nitrogen and oxygen atoms in total. The van der Waals surface area contributed by atoms with E-state index in [0.717, 1.165) is 22.5 Å². The summed E-state index contributed by atoms with van der Waals surface area (Å²) in [5.74, 6) is 0.846. The number of anilines is 1. The van der Waals surface area contributed by atoms with Crippen LogP contribution < -0.4 is 10.6 Å². The molecule has 29 heavy (non-hydrogen) atoms. The zero-order chi connectivity index (χ0) is 20.6. The number of carbonyl (C=O) groups excluding carboxylic acids is 2. The summed E-state index contributed by atoms with van der Waals surface area (Å²) in [6, 6.07) is 11.3. The third-order valence-electron chi connectivity index (χ3n) is 4.52. The summed E-state index contributed by atoms with van der Waals surface area (Å²) in [7, 11) is 0. The first kappa shape index (κ1) is 20.7.